The van der Waals surface area contributed by atoms with Crippen molar-refractivity contribution in [2.24, 2.45) is 0 Å². The molecule has 0 fully saturated rings. The number of nitrogens with zero attached hydrogens (tertiary/aromatic N) is 2. The third-order valence-corrected chi connectivity index (χ3v) is 3.25. The molecule has 1 heterocycles. The first-order valence-corrected chi connectivity index (χ1v) is 7.57. The van der Waals surface area contributed by atoms with Crippen molar-refractivity contribution in [1.29, 1.82) is 0 Å². The lowest BCUT2D eigenvalue weighted by Gasteiger charge is -2.16. The minimum absolute atomic E-state index is 0.116. The number of aromatic nitrogens is 1. The molecular weight excluding hydrogens is 282 g/mol. The number of methoxy groups -OCH3 is 1. The fourth-order valence-electron chi connectivity index (χ4n) is 1.92. The van der Waals surface area contributed by atoms with Gasteiger partial charge in [-0.2, -0.15) is 0 Å². The van der Waals surface area contributed by atoms with E-state index in [1.807, 2.05) is 0 Å². The zero-order valence-corrected chi connectivity index (χ0v) is 13.6. The Labute approximate surface area is 131 Å². The van der Waals surface area contributed by atoms with Gasteiger partial charge in [0.2, 0.25) is 0 Å². The summed E-state index contributed by atoms with van der Waals surface area (Å²) in [5.74, 6) is -0.343. The summed E-state index contributed by atoms with van der Waals surface area (Å²) in [5, 5.41) is 2.78. The van der Waals surface area contributed by atoms with Crippen LogP contribution in [-0.2, 0) is 4.74 Å². The molecule has 0 aliphatic heterocycles. The lowest BCUT2D eigenvalue weighted by atomic mass is 10.1. The highest BCUT2D eigenvalue weighted by Gasteiger charge is 2.14. The van der Waals surface area contributed by atoms with Crippen LogP contribution in [0.15, 0.2) is 18.5 Å². The van der Waals surface area contributed by atoms with E-state index < -0.39 is 0 Å². The van der Waals surface area contributed by atoms with Crippen molar-refractivity contribution in [3.05, 3.63) is 29.6 Å². The summed E-state index contributed by atoms with van der Waals surface area (Å²) in [5.41, 5.74) is 0.829. The van der Waals surface area contributed by atoms with E-state index >= 15 is 0 Å². The summed E-state index contributed by atoms with van der Waals surface area (Å²) in [7, 11) is 3.38. The highest BCUT2D eigenvalue weighted by Crippen LogP contribution is 2.07. The number of rotatable bonds is 9. The average molecular weight is 307 g/mol. The molecular formula is C16H25N3O3. The Bertz CT molecular complexity index is 491. The second-order valence-corrected chi connectivity index (χ2v) is 5.14. The zero-order chi connectivity index (χ0) is 16.4. The molecule has 0 unspecified atom stereocenters. The van der Waals surface area contributed by atoms with Gasteiger partial charge in [-0.15, -0.1) is 0 Å². The molecule has 22 heavy (non-hydrogen) atoms. The number of nitrogens with one attached hydrogen (secondary N) is 1. The Morgan fingerprint density at radius 1 is 1.27 bits per heavy atom. The quantitative estimate of drug-likeness (QED) is 0.705. The zero-order valence-electron chi connectivity index (χ0n) is 13.6. The van der Waals surface area contributed by atoms with Gasteiger partial charge < -0.3 is 15.0 Å². The fraction of sp³-hybridized carbons (Fsp3) is 0.562. The summed E-state index contributed by atoms with van der Waals surface area (Å²) in [4.78, 5) is 29.9. The maximum Gasteiger partial charge on any atom is 0.255 e. The van der Waals surface area contributed by atoms with Crippen LogP contribution in [0.5, 0.6) is 0 Å². The minimum atomic E-state index is -0.227. The molecule has 0 saturated carbocycles. The number of pyridine rings is 1. The monoisotopic (exact) mass is 307 g/mol. The number of carbonyl (C=O) groups is 2. The van der Waals surface area contributed by atoms with E-state index in [-0.39, 0.29) is 11.8 Å². The van der Waals surface area contributed by atoms with E-state index in [1.165, 1.54) is 12.4 Å². The molecule has 0 bridgehead atoms. The van der Waals surface area contributed by atoms with E-state index in [0.29, 0.717) is 30.8 Å². The summed E-state index contributed by atoms with van der Waals surface area (Å²) in [6.07, 6.45) is 5.68. The van der Waals surface area contributed by atoms with Gasteiger partial charge in [0.15, 0.2) is 0 Å². The van der Waals surface area contributed by atoms with Crippen molar-refractivity contribution in [3.63, 3.8) is 0 Å². The Balaban J connectivity index is 2.64. The van der Waals surface area contributed by atoms with E-state index in [1.54, 1.807) is 25.1 Å². The first-order valence-electron chi connectivity index (χ1n) is 7.57. The van der Waals surface area contributed by atoms with Crippen molar-refractivity contribution < 1.29 is 14.3 Å². The molecule has 0 aliphatic rings. The second kappa shape index (κ2) is 9.89. The molecule has 0 aliphatic carbocycles. The average Bonchev–Trinajstić information content (AvgIpc) is 2.55. The maximum atomic E-state index is 12.3. The van der Waals surface area contributed by atoms with Crippen LogP contribution in [0.3, 0.4) is 0 Å². The Morgan fingerprint density at radius 2 is 2.00 bits per heavy atom. The number of unbranched alkanes of at least 4 members (excludes halogenated alkanes) is 1. The summed E-state index contributed by atoms with van der Waals surface area (Å²) in [6, 6.07) is 1.59. The molecule has 122 valence electrons. The third kappa shape index (κ3) is 5.81. The molecule has 1 rings (SSSR count). The normalized spacial score (nSPS) is 10.3. The lowest BCUT2D eigenvalue weighted by molar-refractivity contribution is 0.0793. The van der Waals surface area contributed by atoms with Crippen molar-refractivity contribution in [3.8, 4) is 0 Å². The van der Waals surface area contributed by atoms with Crippen molar-refractivity contribution in [1.82, 2.24) is 15.2 Å². The third-order valence-electron chi connectivity index (χ3n) is 3.25. The number of amides is 2. The Kier molecular flexibility index (Phi) is 8.14. The molecule has 1 aromatic rings. The van der Waals surface area contributed by atoms with Crippen molar-refractivity contribution in [2.45, 2.75) is 26.2 Å². The van der Waals surface area contributed by atoms with Gasteiger partial charge in [0.25, 0.3) is 11.8 Å². The van der Waals surface area contributed by atoms with E-state index in [9.17, 15) is 9.59 Å². The van der Waals surface area contributed by atoms with Crippen LogP contribution < -0.4 is 5.32 Å². The maximum absolute atomic E-state index is 12.3. The van der Waals surface area contributed by atoms with Crippen molar-refractivity contribution >= 4 is 11.8 Å². The number of ether oxygens (including phenoxy) is 1. The van der Waals surface area contributed by atoms with Crippen LogP contribution in [-0.4, -0.2) is 55.6 Å². The van der Waals surface area contributed by atoms with Gasteiger partial charge >= 0.3 is 0 Å². The van der Waals surface area contributed by atoms with Crippen LogP contribution in [0.2, 0.25) is 0 Å². The largest absolute Gasteiger partial charge is 0.385 e. The molecule has 6 nitrogen and oxygen atoms in total. The van der Waals surface area contributed by atoms with Gasteiger partial charge in [-0.05, 0) is 18.9 Å². The van der Waals surface area contributed by atoms with Gasteiger partial charge in [0, 0.05) is 46.2 Å². The molecule has 0 aromatic carbocycles. The van der Waals surface area contributed by atoms with Gasteiger partial charge in [0.05, 0.1) is 11.1 Å². The van der Waals surface area contributed by atoms with Crippen LogP contribution in [0.25, 0.3) is 0 Å². The fourth-order valence-corrected chi connectivity index (χ4v) is 1.92. The van der Waals surface area contributed by atoms with Gasteiger partial charge in [-0.1, -0.05) is 13.3 Å². The summed E-state index contributed by atoms with van der Waals surface area (Å²) >= 11 is 0. The first-order chi connectivity index (χ1) is 10.6. The predicted octanol–water partition coefficient (Wildman–Crippen LogP) is 1.72. The van der Waals surface area contributed by atoms with Gasteiger partial charge in [0.1, 0.15) is 0 Å². The molecule has 0 saturated heterocycles. The minimum Gasteiger partial charge on any atom is -0.385 e. The molecule has 2 amide bonds. The highest BCUT2D eigenvalue weighted by atomic mass is 16.5. The second-order valence-electron chi connectivity index (χ2n) is 5.14. The number of carbonyl (C=O) groups excluding carboxylic acids is 2. The highest BCUT2D eigenvalue weighted by molar-refractivity contribution is 5.99. The molecule has 1 N–H and O–H groups in total. The molecule has 0 atom stereocenters. The topological polar surface area (TPSA) is 71.5 Å². The van der Waals surface area contributed by atoms with E-state index in [0.717, 1.165) is 19.3 Å². The Hall–Kier alpha value is -1.95. The summed E-state index contributed by atoms with van der Waals surface area (Å²) < 4.78 is 4.92. The molecule has 6 heteroatoms. The van der Waals surface area contributed by atoms with Gasteiger partial charge in [-0.25, -0.2) is 0 Å². The lowest BCUT2D eigenvalue weighted by Crippen LogP contribution is -2.29. The Morgan fingerprint density at radius 3 is 2.68 bits per heavy atom. The number of hydrogen-bond acceptors (Lipinski definition) is 4. The van der Waals surface area contributed by atoms with Crippen LogP contribution in [0.1, 0.15) is 46.9 Å². The molecule has 0 radical (unpaired) electrons. The molecule has 0 spiro atoms. The predicted molar refractivity (Wildman–Crippen MR) is 84.9 cm³/mol. The van der Waals surface area contributed by atoms with Crippen LogP contribution >= 0.6 is 0 Å². The van der Waals surface area contributed by atoms with Gasteiger partial charge in [-0.3, -0.25) is 14.6 Å². The van der Waals surface area contributed by atoms with E-state index in [2.05, 4.69) is 17.2 Å². The number of hydrogen-bond donors (Lipinski definition) is 1. The standard InChI is InChI=1S/C16H25N3O3/c1-4-5-8-19(2)16(21)14-10-13(11-17-12-14)15(20)18-7-6-9-22-3/h10-12H,4-9H2,1-3H3,(H,18,20). The van der Waals surface area contributed by atoms with Crippen LogP contribution in [0.4, 0.5) is 0 Å². The van der Waals surface area contributed by atoms with E-state index in [4.69, 9.17) is 4.74 Å². The van der Waals surface area contributed by atoms with Crippen molar-refractivity contribution in [2.75, 3.05) is 33.9 Å². The summed E-state index contributed by atoms with van der Waals surface area (Å²) in [6.45, 7) is 3.90. The SMILES string of the molecule is CCCCN(C)C(=O)c1cncc(C(=O)NCCCOC)c1. The van der Waals surface area contributed by atoms with Crippen LogP contribution in [0, 0.1) is 0 Å². The molecule has 1 aromatic heterocycles. The smallest absolute Gasteiger partial charge is 0.255 e. The first kappa shape index (κ1) is 18.1.